The molecule has 0 spiro atoms. The van der Waals surface area contributed by atoms with E-state index in [1.807, 2.05) is 24.3 Å². The number of nitrogens with one attached hydrogen (secondary N) is 2. The molecule has 0 unspecified atom stereocenters. The van der Waals surface area contributed by atoms with Gasteiger partial charge in [-0.25, -0.2) is 4.79 Å². The van der Waals surface area contributed by atoms with Crippen LogP contribution in [0.1, 0.15) is 25.8 Å². The Labute approximate surface area is 127 Å². The molecule has 5 heteroatoms. The highest BCUT2D eigenvalue weighted by Crippen LogP contribution is 2.24. The molecule has 0 aliphatic heterocycles. The Morgan fingerprint density at radius 3 is 2.38 bits per heavy atom. The number of benzene rings is 1. The van der Waals surface area contributed by atoms with Gasteiger partial charge in [0.15, 0.2) is 0 Å². The lowest BCUT2D eigenvalue weighted by molar-refractivity contribution is 0.193. The van der Waals surface area contributed by atoms with E-state index in [0.29, 0.717) is 19.7 Å². The summed E-state index contributed by atoms with van der Waals surface area (Å²) in [4.78, 5) is 11.7. The van der Waals surface area contributed by atoms with Crippen LogP contribution in [0.15, 0.2) is 24.3 Å². The number of methoxy groups -OCH3 is 2. The molecule has 0 aliphatic carbocycles. The normalized spacial score (nSPS) is 11.0. The van der Waals surface area contributed by atoms with E-state index < -0.39 is 0 Å². The molecule has 0 fully saturated rings. The van der Waals surface area contributed by atoms with Crippen LogP contribution in [0.25, 0.3) is 0 Å². The third kappa shape index (κ3) is 6.04. The lowest BCUT2D eigenvalue weighted by Gasteiger charge is -2.26. The van der Waals surface area contributed by atoms with Crippen LogP contribution < -0.4 is 15.4 Å². The summed E-state index contributed by atoms with van der Waals surface area (Å²) in [6.07, 6.45) is 0.811. The molecule has 0 heterocycles. The molecule has 1 rings (SSSR count). The zero-order valence-electron chi connectivity index (χ0n) is 13.4. The summed E-state index contributed by atoms with van der Waals surface area (Å²) in [5, 5.41) is 5.71. The van der Waals surface area contributed by atoms with Gasteiger partial charge in [-0.3, -0.25) is 0 Å². The fourth-order valence-electron chi connectivity index (χ4n) is 1.93. The van der Waals surface area contributed by atoms with Crippen molar-refractivity contribution in [2.24, 2.45) is 0 Å². The molecule has 0 saturated heterocycles. The Hall–Kier alpha value is -1.75. The van der Waals surface area contributed by atoms with Crippen LogP contribution in [0.2, 0.25) is 0 Å². The largest absolute Gasteiger partial charge is 0.497 e. The highest BCUT2D eigenvalue weighted by Gasteiger charge is 2.21. The second kappa shape index (κ2) is 8.52. The van der Waals surface area contributed by atoms with Gasteiger partial charge in [-0.2, -0.15) is 0 Å². The zero-order chi connectivity index (χ0) is 15.7. The Kier molecular flexibility index (Phi) is 7.02. The first-order valence-electron chi connectivity index (χ1n) is 7.15. The Bertz CT molecular complexity index is 430. The molecule has 21 heavy (non-hydrogen) atoms. The quantitative estimate of drug-likeness (QED) is 0.723. The van der Waals surface area contributed by atoms with Gasteiger partial charge < -0.3 is 20.1 Å². The van der Waals surface area contributed by atoms with Gasteiger partial charge in [0.25, 0.3) is 0 Å². The Morgan fingerprint density at radius 1 is 1.14 bits per heavy atom. The molecular weight excluding hydrogens is 268 g/mol. The van der Waals surface area contributed by atoms with Gasteiger partial charge in [0.05, 0.1) is 7.11 Å². The first kappa shape index (κ1) is 17.3. The van der Waals surface area contributed by atoms with Crippen LogP contribution in [0.4, 0.5) is 4.79 Å². The van der Waals surface area contributed by atoms with Crippen molar-refractivity contribution in [2.45, 2.75) is 25.7 Å². The van der Waals surface area contributed by atoms with E-state index in [1.54, 1.807) is 14.2 Å². The summed E-state index contributed by atoms with van der Waals surface area (Å²) in [6.45, 7) is 6.02. The minimum atomic E-state index is -0.146. The fraction of sp³-hybridized carbons (Fsp3) is 0.562. The summed E-state index contributed by atoms with van der Waals surface area (Å²) in [5.41, 5.74) is 1.01. The zero-order valence-corrected chi connectivity index (χ0v) is 13.4. The van der Waals surface area contributed by atoms with Crippen LogP contribution in [-0.4, -0.2) is 39.9 Å². The third-order valence-electron chi connectivity index (χ3n) is 3.37. The van der Waals surface area contributed by atoms with Crippen molar-refractivity contribution < 1.29 is 14.3 Å². The maximum Gasteiger partial charge on any atom is 0.314 e. The molecule has 0 saturated carbocycles. The van der Waals surface area contributed by atoms with Crippen molar-refractivity contribution >= 4 is 6.03 Å². The van der Waals surface area contributed by atoms with E-state index in [9.17, 15) is 4.79 Å². The number of hydrogen-bond acceptors (Lipinski definition) is 3. The molecular formula is C16H26N2O3. The summed E-state index contributed by atoms with van der Waals surface area (Å²) in [5.74, 6) is 0.832. The van der Waals surface area contributed by atoms with E-state index >= 15 is 0 Å². The standard InChI is InChI=1S/C16H26N2O3/c1-16(2,13-6-8-14(21-4)9-7-13)12-18-15(19)17-10-5-11-20-3/h6-9H,5,10-12H2,1-4H3,(H2,17,18,19). The highest BCUT2D eigenvalue weighted by atomic mass is 16.5. The predicted molar refractivity (Wildman–Crippen MR) is 83.9 cm³/mol. The topological polar surface area (TPSA) is 59.6 Å². The van der Waals surface area contributed by atoms with Gasteiger partial charge in [0, 0.05) is 32.2 Å². The molecule has 1 aromatic rings. The minimum absolute atomic E-state index is 0.143. The molecule has 0 aliphatic rings. The third-order valence-corrected chi connectivity index (χ3v) is 3.37. The maximum absolute atomic E-state index is 11.7. The number of carbonyl (C=O) groups excluding carboxylic acids is 1. The second-order valence-electron chi connectivity index (χ2n) is 5.57. The molecule has 0 radical (unpaired) electrons. The summed E-state index contributed by atoms with van der Waals surface area (Å²) >= 11 is 0. The van der Waals surface area contributed by atoms with Crippen LogP contribution in [-0.2, 0) is 10.2 Å². The number of urea groups is 1. The van der Waals surface area contributed by atoms with E-state index in [-0.39, 0.29) is 11.4 Å². The molecule has 1 aromatic carbocycles. The van der Waals surface area contributed by atoms with Crippen LogP contribution in [0.5, 0.6) is 5.75 Å². The van der Waals surface area contributed by atoms with Crippen LogP contribution in [0, 0.1) is 0 Å². The van der Waals surface area contributed by atoms with Gasteiger partial charge in [-0.1, -0.05) is 26.0 Å². The van der Waals surface area contributed by atoms with Crippen molar-refractivity contribution in [1.29, 1.82) is 0 Å². The molecule has 0 atom stereocenters. The van der Waals surface area contributed by atoms with E-state index in [4.69, 9.17) is 9.47 Å². The first-order valence-corrected chi connectivity index (χ1v) is 7.15. The van der Waals surface area contributed by atoms with Crippen molar-refractivity contribution in [1.82, 2.24) is 10.6 Å². The molecule has 5 nitrogen and oxygen atoms in total. The Balaban J connectivity index is 2.42. The van der Waals surface area contributed by atoms with Crippen molar-refractivity contribution in [3.05, 3.63) is 29.8 Å². The maximum atomic E-state index is 11.7. The van der Waals surface area contributed by atoms with Crippen molar-refractivity contribution in [2.75, 3.05) is 33.9 Å². The van der Waals surface area contributed by atoms with E-state index in [0.717, 1.165) is 17.7 Å². The van der Waals surface area contributed by atoms with Gasteiger partial charge in [0.2, 0.25) is 0 Å². The lowest BCUT2D eigenvalue weighted by atomic mass is 9.84. The highest BCUT2D eigenvalue weighted by molar-refractivity contribution is 5.73. The summed E-state index contributed by atoms with van der Waals surface area (Å²) in [7, 11) is 3.30. The lowest BCUT2D eigenvalue weighted by Crippen LogP contribution is -2.42. The molecule has 2 amide bonds. The smallest absolute Gasteiger partial charge is 0.314 e. The molecule has 0 aromatic heterocycles. The summed E-state index contributed by atoms with van der Waals surface area (Å²) in [6, 6.07) is 7.77. The molecule has 0 bridgehead atoms. The number of carbonyl (C=O) groups is 1. The number of ether oxygens (including phenoxy) is 2. The minimum Gasteiger partial charge on any atom is -0.497 e. The van der Waals surface area contributed by atoms with Crippen molar-refractivity contribution in [3.63, 3.8) is 0 Å². The van der Waals surface area contributed by atoms with E-state index in [2.05, 4.69) is 24.5 Å². The van der Waals surface area contributed by atoms with Gasteiger partial charge >= 0.3 is 6.03 Å². The second-order valence-corrected chi connectivity index (χ2v) is 5.57. The van der Waals surface area contributed by atoms with E-state index in [1.165, 1.54) is 0 Å². The average molecular weight is 294 g/mol. The monoisotopic (exact) mass is 294 g/mol. The van der Waals surface area contributed by atoms with Crippen LogP contribution in [0.3, 0.4) is 0 Å². The van der Waals surface area contributed by atoms with Gasteiger partial charge in [-0.15, -0.1) is 0 Å². The number of amides is 2. The SMILES string of the molecule is COCCCNC(=O)NCC(C)(C)c1ccc(OC)cc1. The van der Waals surface area contributed by atoms with Gasteiger partial charge in [0.1, 0.15) is 5.75 Å². The number of hydrogen-bond donors (Lipinski definition) is 2. The van der Waals surface area contributed by atoms with Crippen molar-refractivity contribution in [3.8, 4) is 5.75 Å². The van der Waals surface area contributed by atoms with Gasteiger partial charge in [-0.05, 0) is 24.1 Å². The van der Waals surface area contributed by atoms with Crippen LogP contribution >= 0.6 is 0 Å². The predicted octanol–water partition coefficient (Wildman–Crippen LogP) is 2.31. The fourth-order valence-corrected chi connectivity index (χ4v) is 1.93. The summed E-state index contributed by atoms with van der Waals surface area (Å²) < 4.78 is 10.1. The number of rotatable bonds is 8. The first-order chi connectivity index (χ1) is 9.99. The Morgan fingerprint density at radius 2 is 1.81 bits per heavy atom. The molecule has 118 valence electrons. The molecule has 2 N–H and O–H groups in total. The average Bonchev–Trinajstić information content (AvgIpc) is 2.50.